The lowest BCUT2D eigenvalue weighted by Gasteiger charge is -2.08. The number of benzene rings is 1. The molecule has 0 bridgehead atoms. The quantitative estimate of drug-likeness (QED) is 0.778. The van der Waals surface area contributed by atoms with Crippen molar-refractivity contribution in [3.8, 4) is 5.75 Å². The molecule has 13 heavy (non-hydrogen) atoms. The summed E-state index contributed by atoms with van der Waals surface area (Å²) in [5.74, 6) is -0.716. The van der Waals surface area contributed by atoms with E-state index in [0.29, 0.717) is 5.56 Å². The summed E-state index contributed by atoms with van der Waals surface area (Å²) in [6.45, 7) is 0. The van der Waals surface area contributed by atoms with Crippen molar-refractivity contribution in [3.05, 3.63) is 29.8 Å². The van der Waals surface area contributed by atoms with Gasteiger partial charge in [-0.3, -0.25) is 4.79 Å². The van der Waals surface area contributed by atoms with Crippen LogP contribution in [0.2, 0.25) is 0 Å². The largest absolute Gasteiger partial charge is 0.508 e. The summed E-state index contributed by atoms with van der Waals surface area (Å²) in [4.78, 5) is 10.7. The number of carboxylic acids is 1. The van der Waals surface area contributed by atoms with Crippen LogP contribution in [0, 0.1) is 0 Å². The molecule has 1 unspecified atom stereocenters. The molecular weight excluding hydrogens is 188 g/mol. The Morgan fingerprint density at radius 2 is 1.92 bits per heavy atom. The Labute approximate surface area is 80.4 Å². The zero-order chi connectivity index (χ0) is 9.84. The highest BCUT2D eigenvalue weighted by Gasteiger charge is 2.17. The number of phenolic OH excluding ortho intramolecular Hbond substituents is 1. The predicted molar refractivity (Wildman–Crippen MR) is 52.0 cm³/mol. The number of rotatable bonds is 3. The molecule has 0 aliphatic heterocycles. The summed E-state index contributed by atoms with van der Waals surface area (Å²) >= 11 is 1.26. The van der Waals surface area contributed by atoms with Crippen LogP contribution in [0.1, 0.15) is 10.8 Å². The minimum Gasteiger partial charge on any atom is -0.508 e. The van der Waals surface area contributed by atoms with Gasteiger partial charge in [0.2, 0.25) is 0 Å². The third-order valence-electron chi connectivity index (χ3n) is 1.66. The maximum absolute atomic E-state index is 10.7. The Bertz CT molecular complexity index is 294. The molecule has 0 aliphatic rings. The monoisotopic (exact) mass is 198 g/mol. The summed E-state index contributed by atoms with van der Waals surface area (Å²) < 4.78 is 0. The number of carboxylic acid groups (broad SMARTS) is 1. The molecule has 4 heteroatoms. The minimum absolute atomic E-state index is 0.147. The number of hydrogen-bond donors (Lipinski definition) is 2. The van der Waals surface area contributed by atoms with Crippen molar-refractivity contribution in [2.24, 2.45) is 0 Å². The molecule has 0 amide bonds. The Kier molecular flexibility index (Phi) is 3.19. The van der Waals surface area contributed by atoms with Crippen LogP contribution in [0.5, 0.6) is 5.75 Å². The van der Waals surface area contributed by atoms with E-state index in [1.165, 1.54) is 23.9 Å². The van der Waals surface area contributed by atoms with Gasteiger partial charge in [-0.1, -0.05) is 12.1 Å². The highest BCUT2D eigenvalue weighted by atomic mass is 32.2. The number of phenols is 1. The first-order valence-electron chi connectivity index (χ1n) is 3.69. The second-order valence-electron chi connectivity index (χ2n) is 2.55. The van der Waals surface area contributed by atoms with E-state index in [2.05, 4.69) is 0 Å². The minimum atomic E-state index is -0.863. The number of hydrogen-bond acceptors (Lipinski definition) is 3. The maximum Gasteiger partial charge on any atom is 0.321 e. The SMILES string of the molecule is CSC(C(=O)O)c1ccc(O)cc1. The number of carbonyl (C=O) groups is 1. The van der Waals surface area contributed by atoms with Gasteiger partial charge in [0, 0.05) is 0 Å². The first-order chi connectivity index (χ1) is 6.15. The van der Waals surface area contributed by atoms with Gasteiger partial charge in [0.05, 0.1) is 0 Å². The van der Waals surface area contributed by atoms with Gasteiger partial charge in [-0.25, -0.2) is 0 Å². The van der Waals surface area contributed by atoms with Crippen molar-refractivity contribution in [1.82, 2.24) is 0 Å². The molecule has 70 valence electrons. The van der Waals surface area contributed by atoms with Crippen molar-refractivity contribution in [2.45, 2.75) is 5.25 Å². The predicted octanol–water partition coefficient (Wildman–Crippen LogP) is 1.88. The average molecular weight is 198 g/mol. The number of aromatic hydroxyl groups is 1. The number of aliphatic carboxylic acids is 1. The Morgan fingerprint density at radius 3 is 2.31 bits per heavy atom. The van der Waals surface area contributed by atoms with Gasteiger partial charge in [-0.15, -0.1) is 11.8 Å². The fraction of sp³-hybridized carbons (Fsp3) is 0.222. The van der Waals surface area contributed by atoms with Crippen LogP contribution in [-0.4, -0.2) is 22.4 Å². The second-order valence-corrected chi connectivity index (χ2v) is 3.49. The molecule has 1 rings (SSSR count). The first kappa shape index (κ1) is 9.92. The molecule has 0 aromatic heterocycles. The first-order valence-corrected chi connectivity index (χ1v) is 4.98. The van der Waals surface area contributed by atoms with E-state index in [-0.39, 0.29) is 5.75 Å². The molecule has 2 N–H and O–H groups in total. The number of thioether (sulfide) groups is 1. The lowest BCUT2D eigenvalue weighted by molar-refractivity contribution is -0.136. The van der Waals surface area contributed by atoms with E-state index in [9.17, 15) is 4.79 Å². The van der Waals surface area contributed by atoms with Crippen LogP contribution in [0.3, 0.4) is 0 Å². The highest BCUT2D eigenvalue weighted by Crippen LogP contribution is 2.27. The van der Waals surface area contributed by atoms with Crippen LogP contribution in [0.15, 0.2) is 24.3 Å². The van der Waals surface area contributed by atoms with Gasteiger partial charge in [0.1, 0.15) is 11.0 Å². The van der Waals surface area contributed by atoms with E-state index >= 15 is 0 Å². The summed E-state index contributed by atoms with van der Waals surface area (Å²) in [7, 11) is 0. The molecule has 0 fully saturated rings. The summed E-state index contributed by atoms with van der Waals surface area (Å²) in [5, 5.41) is 17.3. The summed E-state index contributed by atoms with van der Waals surface area (Å²) in [6.07, 6.45) is 1.74. The molecule has 3 nitrogen and oxygen atoms in total. The van der Waals surface area contributed by atoms with Crippen LogP contribution in [0.25, 0.3) is 0 Å². The van der Waals surface area contributed by atoms with Gasteiger partial charge in [-0.05, 0) is 24.0 Å². The van der Waals surface area contributed by atoms with Gasteiger partial charge in [0.25, 0.3) is 0 Å². The molecule has 1 aromatic carbocycles. The molecule has 0 saturated carbocycles. The second kappa shape index (κ2) is 4.18. The lowest BCUT2D eigenvalue weighted by atomic mass is 10.1. The summed E-state index contributed by atoms with van der Waals surface area (Å²) in [6, 6.07) is 6.21. The molecule has 0 aliphatic carbocycles. The smallest absolute Gasteiger partial charge is 0.321 e. The molecule has 0 heterocycles. The van der Waals surface area contributed by atoms with E-state index in [4.69, 9.17) is 10.2 Å². The van der Waals surface area contributed by atoms with Crippen molar-refractivity contribution in [1.29, 1.82) is 0 Å². The third-order valence-corrected chi connectivity index (χ3v) is 2.60. The summed E-state index contributed by atoms with van der Waals surface area (Å²) in [5.41, 5.74) is 0.692. The Morgan fingerprint density at radius 1 is 1.38 bits per heavy atom. The van der Waals surface area contributed by atoms with Crippen molar-refractivity contribution < 1.29 is 15.0 Å². The van der Waals surface area contributed by atoms with E-state index < -0.39 is 11.2 Å². The van der Waals surface area contributed by atoms with Gasteiger partial charge < -0.3 is 10.2 Å². The van der Waals surface area contributed by atoms with E-state index in [1.54, 1.807) is 18.4 Å². The van der Waals surface area contributed by atoms with Gasteiger partial charge in [0.15, 0.2) is 0 Å². The molecule has 1 aromatic rings. The average Bonchev–Trinajstić information content (AvgIpc) is 2.09. The molecule has 1 atom stereocenters. The standard InChI is InChI=1S/C9H10O3S/c1-13-8(9(11)12)6-2-4-7(10)5-3-6/h2-5,8,10H,1H3,(H,11,12). The molecule has 0 spiro atoms. The zero-order valence-electron chi connectivity index (χ0n) is 7.10. The van der Waals surface area contributed by atoms with Crippen molar-refractivity contribution >= 4 is 17.7 Å². The Hall–Kier alpha value is -1.16. The van der Waals surface area contributed by atoms with E-state index in [1.807, 2.05) is 0 Å². The van der Waals surface area contributed by atoms with Crippen LogP contribution in [0.4, 0.5) is 0 Å². The zero-order valence-corrected chi connectivity index (χ0v) is 7.91. The fourth-order valence-corrected chi connectivity index (χ4v) is 1.66. The van der Waals surface area contributed by atoms with Crippen LogP contribution < -0.4 is 0 Å². The maximum atomic E-state index is 10.7. The van der Waals surface area contributed by atoms with E-state index in [0.717, 1.165) is 0 Å². The normalized spacial score (nSPS) is 12.4. The molecular formula is C9H10O3S. The lowest BCUT2D eigenvalue weighted by Crippen LogP contribution is -2.06. The van der Waals surface area contributed by atoms with Crippen LogP contribution >= 0.6 is 11.8 Å². The van der Waals surface area contributed by atoms with Gasteiger partial charge >= 0.3 is 5.97 Å². The van der Waals surface area contributed by atoms with Crippen molar-refractivity contribution in [2.75, 3.05) is 6.26 Å². The molecule has 0 radical (unpaired) electrons. The topological polar surface area (TPSA) is 57.5 Å². The Balaban J connectivity index is 2.92. The van der Waals surface area contributed by atoms with Crippen molar-refractivity contribution in [3.63, 3.8) is 0 Å². The fourth-order valence-electron chi connectivity index (χ4n) is 1.03. The molecule has 0 saturated heterocycles. The van der Waals surface area contributed by atoms with Crippen LogP contribution in [-0.2, 0) is 4.79 Å². The van der Waals surface area contributed by atoms with Gasteiger partial charge in [-0.2, -0.15) is 0 Å². The highest BCUT2D eigenvalue weighted by molar-refractivity contribution is 7.99. The third kappa shape index (κ3) is 2.39.